The van der Waals surface area contributed by atoms with Gasteiger partial charge in [-0.2, -0.15) is 0 Å². The van der Waals surface area contributed by atoms with Crippen molar-refractivity contribution in [1.29, 1.82) is 0 Å². The lowest BCUT2D eigenvalue weighted by Crippen LogP contribution is -2.09. The first-order valence-electron chi connectivity index (χ1n) is 11.6. The van der Waals surface area contributed by atoms with Gasteiger partial charge in [0.1, 0.15) is 7.80 Å². The van der Waals surface area contributed by atoms with E-state index in [-0.39, 0.29) is 0 Å². The van der Waals surface area contributed by atoms with E-state index in [0.29, 0.717) is 0 Å². The van der Waals surface area contributed by atoms with Crippen molar-refractivity contribution in [2.24, 2.45) is 0 Å². The van der Waals surface area contributed by atoms with Crippen LogP contribution in [0.2, 0.25) is 0 Å². The molecule has 0 aromatic heterocycles. The van der Waals surface area contributed by atoms with Gasteiger partial charge in [0.25, 0.3) is 0 Å². The van der Waals surface area contributed by atoms with Gasteiger partial charge < -0.3 is 0 Å². The lowest BCUT2D eigenvalue weighted by atomic mass is 9.94. The maximum absolute atomic E-state index is 14.3. The molecule has 8 aromatic carbocycles. The van der Waals surface area contributed by atoms with Crippen LogP contribution in [-0.2, 0) is 4.57 Å². The molecule has 1 nitrogen and oxygen atoms in total. The highest BCUT2D eigenvalue weighted by Gasteiger charge is 2.19. The van der Waals surface area contributed by atoms with Crippen molar-refractivity contribution in [2.45, 2.75) is 0 Å². The number of rotatable bonds is 2. The molecule has 8 rings (SSSR count). The maximum Gasteiger partial charge on any atom is 0.137 e. The van der Waals surface area contributed by atoms with Crippen LogP contribution in [0.25, 0.3) is 64.6 Å². The van der Waals surface area contributed by atoms with Gasteiger partial charge in [-0.1, -0.05) is 97.1 Å². The third-order valence-corrected chi connectivity index (χ3v) is 9.10. The van der Waals surface area contributed by atoms with Gasteiger partial charge in [-0.25, -0.2) is 0 Å². The number of benzene rings is 8. The summed E-state index contributed by atoms with van der Waals surface area (Å²) in [5.74, 6) is 0. The summed E-state index contributed by atoms with van der Waals surface area (Å²) < 4.78 is 14.3. The first-order valence-corrected chi connectivity index (χ1v) is 12.8. The molecule has 8 aromatic rings. The molecule has 0 amide bonds. The van der Waals surface area contributed by atoms with Gasteiger partial charge in [0, 0.05) is 10.6 Å². The monoisotopic (exact) mass is 449 g/mol. The predicted molar refractivity (Wildman–Crippen MR) is 147 cm³/mol. The normalized spacial score (nSPS) is 12.2. The second-order valence-corrected chi connectivity index (χ2v) is 10.7. The lowest BCUT2D eigenvalue weighted by Gasteiger charge is -2.16. The van der Waals surface area contributed by atoms with Crippen molar-refractivity contribution in [2.75, 3.05) is 0 Å². The Labute approximate surface area is 196 Å². The van der Waals surface area contributed by atoms with E-state index in [2.05, 4.69) is 109 Å². The summed E-state index contributed by atoms with van der Waals surface area (Å²) in [4.78, 5) is 0. The van der Waals surface area contributed by atoms with E-state index in [9.17, 15) is 4.57 Å². The second kappa shape index (κ2) is 6.50. The highest BCUT2D eigenvalue weighted by molar-refractivity contribution is 7.62. The van der Waals surface area contributed by atoms with Crippen molar-refractivity contribution in [3.63, 3.8) is 0 Å². The number of hydrogen-bond donors (Lipinski definition) is 0. The van der Waals surface area contributed by atoms with E-state index >= 15 is 0 Å². The molecule has 0 spiro atoms. The van der Waals surface area contributed by atoms with Crippen LogP contribution in [-0.4, -0.2) is 0 Å². The van der Waals surface area contributed by atoms with Gasteiger partial charge in [0.2, 0.25) is 0 Å². The van der Waals surface area contributed by atoms with E-state index in [1.165, 1.54) is 53.9 Å². The SMILES string of the molecule is O=[P](c1ccc2ccc3cccc4ccc1c2c34)c1ccc2ccc3cccc4ccc1c2c34. The van der Waals surface area contributed by atoms with Crippen molar-refractivity contribution in [3.8, 4) is 0 Å². The van der Waals surface area contributed by atoms with Crippen LogP contribution < -0.4 is 10.6 Å². The first-order chi connectivity index (χ1) is 16.8. The largest absolute Gasteiger partial charge is 0.277 e. The highest BCUT2D eigenvalue weighted by Crippen LogP contribution is 2.39. The fourth-order valence-electron chi connectivity index (χ4n) is 5.92. The van der Waals surface area contributed by atoms with Crippen molar-refractivity contribution >= 4 is 83.0 Å². The predicted octanol–water partition coefficient (Wildman–Crippen LogP) is 8.26. The fraction of sp³-hybridized carbons (Fsp3) is 0. The molecule has 2 heteroatoms. The van der Waals surface area contributed by atoms with Gasteiger partial charge >= 0.3 is 0 Å². The Morgan fingerprint density at radius 1 is 0.353 bits per heavy atom. The summed E-state index contributed by atoms with van der Waals surface area (Å²) in [7, 11) is -1.78. The van der Waals surface area contributed by atoms with Gasteiger partial charge in [-0.3, -0.25) is 4.57 Å². The average molecular weight is 449 g/mol. The van der Waals surface area contributed by atoms with Crippen LogP contribution in [0, 0.1) is 0 Å². The topological polar surface area (TPSA) is 17.1 Å². The molecule has 0 N–H and O–H groups in total. The zero-order valence-corrected chi connectivity index (χ0v) is 19.1. The molecular weight excluding hydrogens is 431 g/mol. The van der Waals surface area contributed by atoms with Crippen molar-refractivity contribution in [1.82, 2.24) is 0 Å². The Morgan fingerprint density at radius 3 is 1.09 bits per heavy atom. The zero-order valence-electron chi connectivity index (χ0n) is 18.2. The summed E-state index contributed by atoms with van der Waals surface area (Å²) in [6.07, 6.45) is 0. The number of hydrogen-bond acceptors (Lipinski definition) is 1. The van der Waals surface area contributed by atoms with Crippen LogP contribution in [0.15, 0.2) is 109 Å². The molecule has 0 fully saturated rings. The standard InChI is InChI=1S/C32H18OP/c33-34(27-17-13-23-9-7-19-3-1-5-21-11-15-25(27)31(23)29(19)21)28-18-14-24-10-8-20-4-2-6-22-12-16-26(28)32(24)30(20)22/h1-18H. The molecule has 0 aliphatic carbocycles. The van der Waals surface area contributed by atoms with Crippen LogP contribution >= 0.6 is 7.80 Å². The third kappa shape index (κ3) is 2.30. The quantitative estimate of drug-likeness (QED) is 0.192. The van der Waals surface area contributed by atoms with Crippen LogP contribution in [0.5, 0.6) is 0 Å². The van der Waals surface area contributed by atoms with Crippen molar-refractivity contribution in [3.05, 3.63) is 109 Å². The molecule has 0 saturated heterocycles. The summed E-state index contributed by atoms with van der Waals surface area (Å²) >= 11 is 0. The molecule has 34 heavy (non-hydrogen) atoms. The van der Waals surface area contributed by atoms with E-state index in [0.717, 1.165) is 21.4 Å². The summed E-state index contributed by atoms with van der Waals surface area (Å²) in [6.45, 7) is 0. The Balaban J connectivity index is 1.45. The highest BCUT2D eigenvalue weighted by atomic mass is 31.1. The average Bonchev–Trinajstić information content (AvgIpc) is 2.90. The summed E-state index contributed by atoms with van der Waals surface area (Å²) in [5.41, 5.74) is 0. The van der Waals surface area contributed by atoms with Crippen LogP contribution in [0.1, 0.15) is 0 Å². The first kappa shape index (κ1) is 18.4. The minimum absolute atomic E-state index is 0.913. The minimum Gasteiger partial charge on any atom is -0.277 e. The lowest BCUT2D eigenvalue weighted by molar-refractivity contribution is 0.598. The molecule has 0 heterocycles. The molecular formula is C32H18OP. The maximum atomic E-state index is 14.3. The Bertz CT molecular complexity index is 1900. The van der Waals surface area contributed by atoms with E-state index < -0.39 is 7.80 Å². The van der Waals surface area contributed by atoms with Gasteiger partial charge in [-0.15, -0.1) is 0 Å². The molecule has 0 unspecified atom stereocenters. The Hall–Kier alpha value is -4.06. The van der Waals surface area contributed by atoms with Crippen molar-refractivity contribution < 1.29 is 4.57 Å². The summed E-state index contributed by atoms with van der Waals surface area (Å²) in [5, 5.41) is 16.3. The minimum atomic E-state index is -1.78. The molecule has 0 atom stereocenters. The van der Waals surface area contributed by atoms with Crippen LogP contribution in [0.3, 0.4) is 0 Å². The zero-order chi connectivity index (χ0) is 22.4. The van der Waals surface area contributed by atoms with E-state index in [1.54, 1.807) is 0 Å². The Kier molecular flexibility index (Phi) is 3.51. The van der Waals surface area contributed by atoms with Gasteiger partial charge in [0.05, 0.1) is 0 Å². The second-order valence-electron chi connectivity index (χ2n) is 9.18. The van der Waals surface area contributed by atoms with E-state index in [4.69, 9.17) is 0 Å². The fourth-order valence-corrected chi connectivity index (χ4v) is 7.41. The summed E-state index contributed by atoms with van der Waals surface area (Å²) in [6, 6.07) is 38.6. The smallest absolute Gasteiger partial charge is 0.137 e. The van der Waals surface area contributed by atoms with Gasteiger partial charge in [-0.05, 0) is 76.8 Å². The molecule has 0 bridgehead atoms. The molecule has 0 aliphatic heterocycles. The molecule has 157 valence electrons. The van der Waals surface area contributed by atoms with Gasteiger partial charge in [0.15, 0.2) is 0 Å². The van der Waals surface area contributed by atoms with E-state index in [1.807, 2.05) is 0 Å². The third-order valence-electron chi connectivity index (χ3n) is 7.45. The molecule has 0 saturated carbocycles. The van der Waals surface area contributed by atoms with Crippen LogP contribution in [0.4, 0.5) is 0 Å². The molecule has 1 radical (unpaired) electrons. The molecule has 0 aliphatic rings. The Morgan fingerprint density at radius 2 is 0.676 bits per heavy atom.